The Morgan fingerprint density at radius 1 is 1.15 bits per heavy atom. The molecule has 0 aliphatic heterocycles. The predicted molar refractivity (Wildman–Crippen MR) is 72.6 cm³/mol. The minimum absolute atomic E-state index is 0.123. The molecule has 0 aliphatic carbocycles. The molecule has 0 unspecified atom stereocenters. The van der Waals surface area contributed by atoms with Gasteiger partial charge in [-0.2, -0.15) is 0 Å². The fourth-order valence-electron chi connectivity index (χ4n) is 1.72. The average molecular weight is 281 g/mol. The summed E-state index contributed by atoms with van der Waals surface area (Å²) in [5.74, 6) is -1.27. The second-order valence-corrected chi connectivity index (χ2v) is 4.31. The van der Waals surface area contributed by atoms with Crippen LogP contribution in [0.4, 0.5) is 0 Å². The highest BCUT2D eigenvalue weighted by Crippen LogP contribution is 2.25. The number of phenolic OH excluding ortho intramolecular Hbond substituents is 2. The van der Waals surface area contributed by atoms with Gasteiger partial charge < -0.3 is 20.3 Å². The van der Waals surface area contributed by atoms with Crippen LogP contribution in [-0.4, -0.2) is 35.7 Å². The van der Waals surface area contributed by atoms with Crippen molar-refractivity contribution >= 4 is 11.9 Å². The number of benzene rings is 1. The Kier molecular flexibility index (Phi) is 6.36. The van der Waals surface area contributed by atoms with Gasteiger partial charge in [-0.25, -0.2) is 0 Å². The molecule has 1 aromatic rings. The molecule has 0 heterocycles. The van der Waals surface area contributed by atoms with E-state index in [1.54, 1.807) is 0 Å². The molecule has 0 aliphatic rings. The topological polar surface area (TPSA) is 95.9 Å². The fraction of sp³-hybridized carbons (Fsp3) is 0.429. The second kappa shape index (κ2) is 8.04. The summed E-state index contributed by atoms with van der Waals surface area (Å²) in [5, 5.41) is 21.6. The minimum atomic E-state index is -0.520. The van der Waals surface area contributed by atoms with E-state index < -0.39 is 5.91 Å². The molecule has 110 valence electrons. The van der Waals surface area contributed by atoms with Crippen molar-refractivity contribution in [3.63, 3.8) is 0 Å². The van der Waals surface area contributed by atoms with Crippen LogP contribution in [0.1, 0.15) is 36.0 Å². The van der Waals surface area contributed by atoms with E-state index in [-0.39, 0.29) is 23.0 Å². The zero-order valence-electron chi connectivity index (χ0n) is 11.4. The van der Waals surface area contributed by atoms with E-state index in [0.29, 0.717) is 25.8 Å². The van der Waals surface area contributed by atoms with Crippen molar-refractivity contribution in [2.45, 2.75) is 25.7 Å². The lowest BCUT2D eigenvalue weighted by Gasteiger charge is -2.08. The first-order valence-corrected chi connectivity index (χ1v) is 6.42. The number of ether oxygens (including phenoxy) is 1. The lowest BCUT2D eigenvalue weighted by atomic mass is 10.1. The molecule has 0 bridgehead atoms. The van der Waals surface area contributed by atoms with E-state index in [2.05, 4.69) is 10.1 Å². The Hall–Kier alpha value is -2.24. The van der Waals surface area contributed by atoms with Gasteiger partial charge in [0.15, 0.2) is 0 Å². The van der Waals surface area contributed by atoms with E-state index >= 15 is 0 Å². The number of methoxy groups -OCH3 is 1. The van der Waals surface area contributed by atoms with Crippen molar-refractivity contribution in [3.05, 3.63) is 23.8 Å². The van der Waals surface area contributed by atoms with Crippen LogP contribution in [0.15, 0.2) is 18.2 Å². The summed E-state index contributed by atoms with van der Waals surface area (Å²) < 4.78 is 4.51. The lowest BCUT2D eigenvalue weighted by Crippen LogP contribution is -2.24. The van der Waals surface area contributed by atoms with Gasteiger partial charge in [0, 0.05) is 13.0 Å². The first-order valence-electron chi connectivity index (χ1n) is 6.42. The predicted octanol–water partition coefficient (Wildman–Crippen LogP) is 1.56. The molecule has 0 saturated heterocycles. The van der Waals surface area contributed by atoms with Gasteiger partial charge in [0.1, 0.15) is 17.1 Å². The normalized spacial score (nSPS) is 10.1. The molecule has 6 nitrogen and oxygen atoms in total. The van der Waals surface area contributed by atoms with Gasteiger partial charge in [0.25, 0.3) is 5.91 Å². The molecule has 1 amide bonds. The number of phenols is 2. The Morgan fingerprint density at radius 3 is 2.40 bits per heavy atom. The van der Waals surface area contributed by atoms with Gasteiger partial charge >= 0.3 is 5.97 Å². The molecule has 0 aromatic heterocycles. The highest BCUT2D eigenvalue weighted by molar-refractivity contribution is 5.99. The van der Waals surface area contributed by atoms with Crippen molar-refractivity contribution in [2.24, 2.45) is 0 Å². The number of hydrogen-bond acceptors (Lipinski definition) is 5. The first-order chi connectivity index (χ1) is 9.56. The largest absolute Gasteiger partial charge is 0.507 e. The number of hydrogen-bond donors (Lipinski definition) is 3. The summed E-state index contributed by atoms with van der Waals surface area (Å²) in [5.41, 5.74) is -0.123. The van der Waals surface area contributed by atoms with Gasteiger partial charge in [0.2, 0.25) is 0 Å². The molecule has 0 radical (unpaired) electrons. The maximum Gasteiger partial charge on any atom is 0.305 e. The van der Waals surface area contributed by atoms with Crippen molar-refractivity contribution in [3.8, 4) is 11.5 Å². The number of esters is 1. The Bertz CT molecular complexity index is 452. The third-order valence-electron chi connectivity index (χ3n) is 2.82. The summed E-state index contributed by atoms with van der Waals surface area (Å²) in [7, 11) is 1.35. The second-order valence-electron chi connectivity index (χ2n) is 4.31. The maximum atomic E-state index is 11.8. The van der Waals surface area contributed by atoms with Crippen LogP contribution in [-0.2, 0) is 9.53 Å². The molecule has 6 heteroatoms. The van der Waals surface area contributed by atoms with Crippen LogP contribution in [0.25, 0.3) is 0 Å². The first kappa shape index (κ1) is 15.8. The van der Waals surface area contributed by atoms with Gasteiger partial charge in [-0.05, 0) is 25.0 Å². The molecular weight excluding hydrogens is 262 g/mol. The van der Waals surface area contributed by atoms with Crippen LogP contribution in [0.3, 0.4) is 0 Å². The molecule has 1 rings (SSSR count). The quantitative estimate of drug-likeness (QED) is 0.520. The van der Waals surface area contributed by atoms with Crippen LogP contribution in [0.5, 0.6) is 11.5 Å². The Labute approximate surface area is 117 Å². The fourth-order valence-corrected chi connectivity index (χ4v) is 1.72. The molecule has 1 aromatic carbocycles. The number of carbonyl (C=O) groups excluding carboxylic acids is 2. The third kappa shape index (κ3) is 4.79. The Balaban J connectivity index is 2.29. The van der Waals surface area contributed by atoms with E-state index in [1.165, 1.54) is 25.3 Å². The van der Waals surface area contributed by atoms with Crippen molar-refractivity contribution in [2.75, 3.05) is 13.7 Å². The molecule has 0 saturated carbocycles. The Morgan fingerprint density at radius 2 is 1.80 bits per heavy atom. The van der Waals surface area contributed by atoms with Crippen LogP contribution in [0, 0.1) is 0 Å². The van der Waals surface area contributed by atoms with Crippen LogP contribution in [0.2, 0.25) is 0 Å². The molecule has 20 heavy (non-hydrogen) atoms. The molecule has 0 atom stereocenters. The van der Waals surface area contributed by atoms with Crippen LogP contribution < -0.4 is 5.32 Å². The monoisotopic (exact) mass is 281 g/mol. The summed E-state index contributed by atoms with van der Waals surface area (Å²) >= 11 is 0. The van der Waals surface area contributed by atoms with E-state index in [0.717, 1.165) is 6.42 Å². The molecule has 3 N–H and O–H groups in total. The number of unbranched alkanes of at least 4 members (excludes halogenated alkanes) is 2. The lowest BCUT2D eigenvalue weighted by molar-refractivity contribution is -0.140. The summed E-state index contributed by atoms with van der Waals surface area (Å²) in [6.07, 6.45) is 2.55. The van der Waals surface area contributed by atoms with Gasteiger partial charge in [0.05, 0.1) is 7.11 Å². The molecular formula is C14H19NO5. The van der Waals surface area contributed by atoms with E-state index in [9.17, 15) is 19.8 Å². The maximum absolute atomic E-state index is 11.8. The van der Waals surface area contributed by atoms with E-state index in [1.807, 2.05) is 0 Å². The zero-order chi connectivity index (χ0) is 15.0. The van der Waals surface area contributed by atoms with Crippen LogP contribution >= 0.6 is 0 Å². The standard InChI is InChI=1S/C14H19NO5/c1-20-12(18)8-3-2-4-9-15-14(19)13-10(16)6-5-7-11(13)17/h5-7,16-17H,2-4,8-9H2,1H3,(H,15,19). The van der Waals surface area contributed by atoms with Gasteiger partial charge in [-0.1, -0.05) is 12.5 Å². The average Bonchev–Trinajstić information content (AvgIpc) is 2.42. The summed E-state index contributed by atoms with van der Waals surface area (Å²) in [4.78, 5) is 22.6. The summed E-state index contributed by atoms with van der Waals surface area (Å²) in [6.45, 7) is 0.410. The molecule has 0 spiro atoms. The van der Waals surface area contributed by atoms with Gasteiger partial charge in [-0.3, -0.25) is 9.59 Å². The number of amides is 1. The number of nitrogens with one attached hydrogen (secondary N) is 1. The number of rotatable bonds is 7. The van der Waals surface area contributed by atoms with Crippen molar-refractivity contribution < 1.29 is 24.5 Å². The molecule has 0 fully saturated rings. The third-order valence-corrected chi connectivity index (χ3v) is 2.82. The smallest absolute Gasteiger partial charge is 0.305 e. The SMILES string of the molecule is COC(=O)CCCCCNC(=O)c1c(O)cccc1O. The zero-order valence-corrected chi connectivity index (χ0v) is 11.4. The van der Waals surface area contributed by atoms with E-state index in [4.69, 9.17) is 0 Å². The van der Waals surface area contributed by atoms with Crippen molar-refractivity contribution in [1.29, 1.82) is 0 Å². The van der Waals surface area contributed by atoms with Gasteiger partial charge in [-0.15, -0.1) is 0 Å². The minimum Gasteiger partial charge on any atom is -0.507 e. The number of carbonyl (C=O) groups is 2. The summed E-state index contributed by atoms with van der Waals surface area (Å²) in [6, 6.07) is 4.13. The number of aromatic hydroxyl groups is 2. The highest BCUT2D eigenvalue weighted by atomic mass is 16.5. The van der Waals surface area contributed by atoms with Crippen molar-refractivity contribution in [1.82, 2.24) is 5.32 Å². The highest BCUT2D eigenvalue weighted by Gasteiger charge is 2.15.